The molecule has 0 bridgehead atoms. The molecule has 1 amide bonds. The van der Waals surface area contributed by atoms with Crippen molar-refractivity contribution in [3.05, 3.63) is 75.7 Å². The van der Waals surface area contributed by atoms with Gasteiger partial charge >= 0.3 is 0 Å². The summed E-state index contributed by atoms with van der Waals surface area (Å²) in [5.74, 6) is 0.877. The van der Waals surface area contributed by atoms with E-state index in [2.05, 4.69) is 23.0 Å². The van der Waals surface area contributed by atoms with E-state index in [1.54, 1.807) is 20.0 Å². The van der Waals surface area contributed by atoms with E-state index < -0.39 is 0 Å². The van der Waals surface area contributed by atoms with E-state index in [4.69, 9.17) is 5.73 Å². The molecule has 4 N–H and O–H groups in total. The molecule has 0 saturated carbocycles. The molecular formula is C25H30N4O3S. The highest BCUT2D eigenvalue weighted by molar-refractivity contribution is 8.02. The summed E-state index contributed by atoms with van der Waals surface area (Å²) in [6.45, 7) is 5.74. The summed E-state index contributed by atoms with van der Waals surface area (Å²) in [4.78, 5) is 22.5. The third-order valence-electron chi connectivity index (χ3n) is 5.56. The number of aromatic nitrogens is 2. The number of aliphatic hydroxyl groups is 2. The van der Waals surface area contributed by atoms with Gasteiger partial charge in [-0.2, -0.15) is 0 Å². The number of allylic oxidation sites excluding steroid dienone is 1. The molecule has 0 unspecified atom stereocenters. The van der Waals surface area contributed by atoms with Gasteiger partial charge < -0.3 is 20.8 Å². The maximum absolute atomic E-state index is 11.9. The monoisotopic (exact) mass is 466 g/mol. The number of anilines is 1. The molecule has 174 valence electrons. The molecule has 3 rings (SSSR count). The molecule has 0 spiro atoms. The summed E-state index contributed by atoms with van der Waals surface area (Å²) >= 11 is 0.526. The molecule has 1 aromatic heterocycles. The van der Waals surface area contributed by atoms with E-state index in [1.165, 1.54) is 10.5 Å². The first-order chi connectivity index (χ1) is 15.9. The maximum Gasteiger partial charge on any atom is 0.214 e. The maximum atomic E-state index is 11.9. The lowest BCUT2D eigenvalue weighted by molar-refractivity contribution is -0.116. The van der Waals surface area contributed by atoms with Crippen molar-refractivity contribution in [2.24, 2.45) is 0 Å². The van der Waals surface area contributed by atoms with Gasteiger partial charge in [-0.1, -0.05) is 43.3 Å². The highest BCUT2D eigenvalue weighted by atomic mass is 32.1. The Kier molecular flexibility index (Phi) is 8.32. The van der Waals surface area contributed by atoms with Crippen molar-refractivity contribution in [2.75, 3.05) is 12.3 Å². The van der Waals surface area contributed by atoms with E-state index in [1.807, 2.05) is 30.3 Å². The van der Waals surface area contributed by atoms with Crippen molar-refractivity contribution in [1.29, 1.82) is 0 Å². The van der Waals surface area contributed by atoms with Crippen LogP contribution < -0.4 is 5.73 Å². The van der Waals surface area contributed by atoms with Gasteiger partial charge in [0.2, 0.25) is 6.41 Å². The second kappa shape index (κ2) is 11.2. The van der Waals surface area contributed by atoms with Crippen LogP contribution in [0.15, 0.2) is 53.2 Å². The second-order valence-corrected chi connectivity index (χ2v) is 8.86. The van der Waals surface area contributed by atoms with Gasteiger partial charge in [-0.05, 0) is 36.6 Å². The molecule has 8 heteroatoms. The predicted molar refractivity (Wildman–Crippen MR) is 136 cm³/mol. The largest absolute Gasteiger partial charge is 0.396 e. The quantitative estimate of drug-likeness (QED) is 0.216. The van der Waals surface area contributed by atoms with Crippen LogP contribution in [0.1, 0.15) is 42.8 Å². The molecule has 0 aliphatic heterocycles. The summed E-state index contributed by atoms with van der Waals surface area (Å²) in [5.41, 5.74) is 9.22. The summed E-state index contributed by atoms with van der Waals surface area (Å²) in [5, 5.41) is 23.0. The SMILES string of the molecule is CCc1ccc(/C(O)=[SH]/C(CCO)=C(/C)N(C=O)Cc2cnc(C)nc2N)c2ccccc12. The molecule has 0 atom stereocenters. The van der Waals surface area contributed by atoms with Gasteiger partial charge in [0.15, 0.2) is 0 Å². The van der Waals surface area contributed by atoms with Crippen molar-refractivity contribution in [2.45, 2.75) is 40.2 Å². The number of hydrogen-bond acceptors (Lipinski definition) is 5. The third-order valence-corrected chi connectivity index (χ3v) is 6.83. The zero-order valence-corrected chi connectivity index (χ0v) is 20.0. The summed E-state index contributed by atoms with van der Waals surface area (Å²) < 4.78 is 0. The zero-order chi connectivity index (χ0) is 24.0. The van der Waals surface area contributed by atoms with Crippen LogP contribution >= 0.6 is 11.4 Å². The second-order valence-electron chi connectivity index (χ2n) is 7.67. The van der Waals surface area contributed by atoms with E-state index in [9.17, 15) is 15.0 Å². The Morgan fingerprint density at radius 2 is 1.91 bits per heavy atom. The Morgan fingerprint density at radius 1 is 1.18 bits per heavy atom. The van der Waals surface area contributed by atoms with Crippen LogP contribution in [0, 0.1) is 6.92 Å². The van der Waals surface area contributed by atoms with E-state index in [-0.39, 0.29) is 18.2 Å². The van der Waals surface area contributed by atoms with Crippen LogP contribution in [0.3, 0.4) is 0 Å². The van der Waals surface area contributed by atoms with Crippen LogP contribution in [-0.2, 0) is 17.8 Å². The molecule has 33 heavy (non-hydrogen) atoms. The Morgan fingerprint density at radius 3 is 2.55 bits per heavy atom. The van der Waals surface area contributed by atoms with E-state index >= 15 is 0 Å². The van der Waals surface area contributed by atoms with E-state index in [0.717, 1.165) is 27.7 Å². The molecule has 0 aliphatic carbocycles. The molecule has 0 radical (unpaired) electrons. The number of benzene rings is 2. The molecular weight excluding hydrogens is 436 g/mol. The number of carbonyl (C=O) groups excluding carboxylic acids is 1. The average molecular weight is 467 g/mol. The third kappa shape index (κ3) is 5.65. The summed E-state index contributed by atoms with van der Waals surface area (Å²) in [7, 11) is 0. The lowest BCUT2D eigenvalue weighted by Crippen LogP contribution is -2.22. The number of rotatable bonds is 9. The highest BCUT2D eigenvalue weighted by Gasteiger charge is 2.14. The number of nitrogens with zero attached hydrogens (tertiary/aromatic N) is 3. The molecule has 0 aliphatic rings. The Labute approximate surface area is 197 Å². The minimum absolute atomic E-state index is 0.106. The Hall–Kier alpha value is -3.07. The van der Waals surface area contributed by atoms with Crippen molar-refractivity contribution < 1.29 is 15.0 Å². The lowest BCUT2D eigenvalue weighted by Gasteiger charge is -2.21. The van der Waals surface area contributed by atoms with Crippen molar-refractivity contribution in [3.63, 3.8) is 0 Å². The van der Waals surface area contributed by atoms with Gasteiger partial charge in [-0.15, -0.1) is 11.4 Å². The molecule has 1 heterocycles. The fraction of sp³-hybridized carbons (Fsp3) is 0.280. The smallest absolute Gasteiger partial charge is 0.214 e. The number of aryl methyl sites for hydroxylation is 2. The average Bonchev–Trinajstić information content (AvgIpc) is 2.82. The zero-order valence-electron chi connectivity index (χ0n) is 19.1. The number of nitrogen functional groups attached to an aromatic ring is 1. The number of fused-ring (bicyclic) bond motifs is 1. The molecule has 3 aromatic rings. The van der Waals surface area contributed by atoms with Crippen molar-refractivity contribution in [3.8, 4) is 0 Å². The number of aliphatic hydroxyl groups excluding tert-OH is 2. The first kappa shape index (κ1) is 24.6. The van der Waals surface area contributed by atoms with Crippen LogP contribution in [0.4, 0.5) is 5.82 Å². The van der Waals surface area contributed by atoms with Gasteiger partial charge in [-0.3, -0.25) is 4.79 Å². The van der Waals surface area contributed by atoms with Gasteiger partial charge in [-0.25, -0.2) is 9.97 Å². The number of thiol groups is 1. The van der Waals surface area contributed by atoms with Crippen molar-refractivity contribution >= 4 is 39.4 Å². The van der Waals surface area contributed by atoms with Crippen LogP contribution in [-0.4, -0.2) is 43.1 Å². The molecule has 2 aromatic carbocycles. The number of nitrogens with two attached hydrogens (primary N) is 1. The Balaban J connectivity index is 2.03. The number of amides is 1. The first-order valence-corrected chi connectivity index (χ1v) is 11.7. The van der Waals surface area contributed by atoms with Gasteiger partial charge in [0, 0.05) is 41.0 Å². The highest BCUT2D eigenvalue weighted by Crippen LogP contribution is 2.28. The van der Waals surface area contributed by atoms with Gasteiger partial charge in [0.05, 0.1) is 6.54 Å². The summed E-state index contributed by atoms with van der Waals surface area (Å²) in [6.07, 6.45) is 3.53. The molecule has 0 fully saturated rings. The number of hydrogen-bond donors (Lipinski definition) is 4. The fourth-order valence-corrected chi connectivity index (χ4v) is 4.77. The minimum Gasteiger partial charge on any atom is -0.396 e. The predicted octanol–water partition coefficient (Wildman–Crippen LogP) is 3.86. The summed E-state index contributed by atoms with van der Waals surface area (Å²) in [6, 6.07) is 12.0. The van der Waals surface area contributed by atoms with Gasteiger partial charge in [0.25, 0.3) is 0 Å². The van der Waals surface area contributed by atoms with Crippen LogP contribution in [0.25, 0.3) is 10.8 Å². The topological polar surface area (TPSA) is 113 Å². The Bertz CT molecular complexity index is 1220. The standard InChI is InChI=1S/C25H30N4O3S/c1-4-18-9-10-22(21-8-6-5-7-20(18)21)25(32)33-23(11-12-30)16(2)29(15-31)14-19-13-27-17(3)28-24(19)26/h5-10,13,15,30,32-33H,4,11-12,14H2,1-3H3,(H2,26,27,28)/b23-16-. The van der Waals surface area contributed by atoms with E-state index in [0.29, 0.717) is 47.1 Å². The number of carbonyl (C=O) groups is 1. The molecule has 7 nitrogen and oxygen atoms in total. The first-order valence-electron chi connectivity index (χ1n) is 10.8. The fourth-order valence-electron chi connectivity index (χ4n) is 3.69. The van der Waals surface area contributed by atoms with Crippen LogP contribution in [0.5, 0.6) is 0 Å². The minimum atomic E-state index is -0.106. The molecule has 0 saturated heterocycles. The van der Waals surface area contributed by atoms with Crippen molar-refractivity contribution in [1.82, 2.24) is 14.9 Å². The van der Waals surface area contributed by atoms with Gasteiger partial charge in [0.1, 0.15) is 16.7 Å². The van der Waals surface area contributed by atoms with Crippen LogP contribution in [0.2, 0.25) is 0 Å². The normalized spacial score (nSPS) is 12.8. The lowest BCUT2D eigenvalue weighted by atomic mass is 9.98.